The van der Waals surface area contributed by atoms with E-state index >= 15 is 0 Å². The quantitative estimate of drug-likeness (QED) is 0.167. The molecule has 0 N–H and O–H groups in total. The van der Waals surface area contributed by atoms with E-state index in [0.29, 0.717) is 16.7 Å². The molecule has 0 bridgehead atoms. The van der Waals surface area contributed by atoms with Crippen LogP contribution in [-0.2, 0) is 0 Å². The summed E-state index contributed by atoms with van der Waals surface area (Å²) >= 11 is 3.60. The lowest BCUT2D eigenvalue weighted by atomic mass is 9.86. The van der Waals surface area contributed by atoms with E-state index in [2.05, 4.69) is 215 Å². The molecule has 74 heavy (non-hydrogen) atoms. The molecule has 11 aromatic carbocycles. The molecular weight excluding hydrogens is 937 g/mol. The summed E-state index contributed by atoms with van der Waals surface area (Å²) in [6, 6.07) is 87.1. The van der Waals surface area contributed by atoms with E-state index in [-0.39, 0.29) is 0 Å². The molecule has 0 unspecified atom stereocenters. The maximum Gasteiger partial charge on any atom is 0.102 e. The summed E-state index contributed by atoms with van der Waals surface area (Å²) in [6.07, 6.45) is 0. The first-order chi connectivity index (χ1) is 36.7. The van der Waals surface area contributed by atoms with Crippen molar-refractivity contribution in [3.8, 4) is 68.0 Å². The van der Waals surface area contributed by atoms with Crippen molar-refractivity contribution in [2.24, 2.45) is 0 Å². The normalized spacial score (nSPS) is 11.8. The van der Waals surface area contributed by atoms with Crippen molar-refractivity contribution >= 4 is 107 Å². The lowest BCUT2D eigenvalue weighted by Crippen LogP contribution is -2.11. The maximum atomic E-state index is 12.2. The van der Waals surface area contributed by atoms with Gasteiger partial charge in [-0.15, -0.1) is 22.7 Å². The second-order valence-electron chi connectivity index (χ2n) is 18.9. The van der Waals surface area contributed by atoms with Crippen molar-refractivity contribution in [2.45, 2.75) is 0 Å². The van der Waals surface area contributed by atoms with Crippen LogP contribution in [0.15, 0.2) is 231 Å². The minimum Gasteiger partial charge on any atom is -0.307 e. The highest BCUT2D eigenvalue weighted by molar-refractivity contribution is 7.27. The Bertz CT molecular complexity index is 4670. The number of fused-ring (bicyclic) bond motifs is 14. The molecule has 0 atom stereocenters. The molecule has 0 aliphatic heterocycles. The van der Waals surface area contributed by atoms with Crippen LogP contribution >= 0.6 is 22.7 Å². The maximum absolute atomic E-state index is 12.2. The molecule has 4 heterocycles. The Morgan fingerprint density at radius 1 is 0.297 bits per heavy atom. The SMILES string of the molecule is N#Cc1c(-c2ccccc2)c(C#N)c(-n2c3c(ccc4c5cc(-c6ccccc6)ccc5sc43)c3ccc4c5cc(-c6ccccc6)ccc5sc4c32)c(-c2ccccc2)c1-n1c2ccccc2c2ccccc21. The summed E-state index contributed by atoms with van der Waals surface area (Å²) in [5.41, 5.74) is 14.1. The van der Waals surface area contributed by atoms with Gasteiger partial charge in [0, 0.05) is 63.6 Å². The number of nitrogens with zero attached hydrogens (tertiary/aromatic N) is 4. The van der Waals surface area contributed by atoms with Crippen LogP contribution in [0.3, 0.4) is 0 Å². The van der Waals surface area contributed by atoms with Crippen molar-refractivity contribution in [3.63, 3.8) is 0 Å². The van der Waals surface area contributed by atoms with Crippen LogP contribution in [-0.4, -0.2) is 9.13 Å². The third-order valence-electron chi connectivity index (χ3n) is 15.0. The van der Waals surface area contributed by atoms with Gasteiger partial charge in [-0.3, -0.25) is 0 Å². The molecule has 6 heteroatoms. The Hall–Kier alpha value is -9.56. The van der Waals surface area contributed by atoms with Crippen LogP contribution in [0.5, 0.6) is 0 Å². The predicted molar refractivity (Wildman–Crippen MR) is 312 cm³/mol. The average Bonchev–Trinajstić information content (AvgIpc) is 4.23. The lowest BCUT2D eigenvalue weighted by Gasteiger charge is -2.25. The lowest BCUT2D eigenvalue weighted by molar-refractivity contribution is 1.13. The van der Waals surface area contributed by atoms with Crippen LogP contribution in [0.1, 0.15) is 11.1 Å². The van der Waals surface area contributed by atoms with Gasteiger partial charge in [0.15, 0.2) is 0 Å². The van der Waals surface area contributed by atoms with Gasteiger partial charge in [0.2, 0.25) is 0 Å². The first-order valence-corrected chi connectivity index (χ1v) is 26.3. The summed E-state index contributed by atoms with van der Waals surface area (Å²) in [6.45, 7) is 0. The van der Waals surface area contributed by atoms with Crippen molar-refractivity contribution in [1.82, 2.24) is 9.13 Å². The zero-order chi connectivity index (χ0) is 49.0. The van der Waals surface area contributed by atoms with Crippen molar-refractivity contribution in [1.29, 1.82) is 10.5 Å². The Balaban J connectivity index is 1.20. The number of benzene rings is 11. The van der Waals surface area contributed by atoms with E-state index in [1.54, 1.807) is 22.7 Å². The molecule has 0 saturated carbocycles. The van der Waals surface area contributed by atoms with Crippen LogP contribution in [0, 0.1) is 22.7 Å². The van der Waals surface area contributed by atoms with Crippen LogP contribution < -0.4 is 0 Å². The standard InChI is InChI=1S/C68H38N4S2/c69-39-55-61(43-21-9-3-10-22-43)56(40-70)64(62(44-23-11-4-12-24-44)63(55)71-57-27-15-13-25-47(57)48-26-14-16-28-58(48)71)72-65-49(31-33-51-53-37-45(41-17-5-1-6-18-41)29-35-59(53)73-67(51)65)50-32-34-52-54-38-46(42-19-7-2-8-20-42)30-36-60(54)74-68(52)66(50)72/h1-38H. The Labute approximate surface area is 433 Å². The molecule has 0 fully saturated rings. The summed E-state index contributed by atoms with van der Waals surface area (Å²) in [5.74, 6) is 0. The minimum absolute atomic E-state index is 0.434. The number of hydrogen-bond donors (Lipinski definition) is 0. The summed E-state index contributed by atoms with van der Waals surface area (Å²) in [5, 5.41) is 33.2. The van der Waals surface area contributed by atoms with Gasteiger partial charge in [-0.25, -0.2) is 0 Å². The zero-order valence-electron chi connectivity index (χ0n) is 39.5. The van der Waals surface area contributed by atoms with Gasteiger partial charge in [0.1, 0.15) is 12.1 Å². The monoisotopic (exact) mass is 974 g/mol. The number of rotatable bonds is 6. The molecule has 0 aliphatic carbocycles. The van der Waals surface area contributed by atoms with Gasteiger partial charge in [0.05, 0.1) is 54.0 Å². The van der Waals surface area contributed by atoms with E-state index < -0.39 is 0 Å². The van der Waals surface area contributed by atoms with E-state index in [1.807, 2.05) is 36.4 Å². The highest BCUT2D eigenvalue weighted by Crippen LogP contribution is 2.53. The summed E-state index contributed by atoms with van der Waals surface area (Å²) in [7, 11) is 0. The fourth-order valence-corrected chi connectivity index (χ4v) is 14.3. The Morgan fingerprint density at radius 3 is 1.12 bits per heavy atom. The third-order valence-corrected chi connectivity index (χ3v) is 17.4. The molecule has 0 aliphatic rings. The topological polar surface area (TPSA) is 57.4 Å². The van der Waals surface area contributed by atoms with Crippen molar-refractivity contribution in [2.75, 3.05) is 0 Å². The average molecular weight is 975 g/mol. The van der Waals surface area contributed by atoms with Gasteiger partial charge in [-0.1, -0.05) is 194 Å². The molecule has 0 amide bonds. The van der Waals surface area contributed by atoms with Crippen LogP contribution in [0.4, 0.5) is 0 Å². The predicted octanol–water partition coefficient (Wildman–Crippen LogP) is 19.0. The molecule has 0 spiro atoms. The first kappa shape index (κ1) is 42.2. The molecule has 15 rings (SSSR count). The van der Waals surface area contributed by atoms with E-state index in [1.165, 1.54) is 31.3 Å². The fraction of sp³-hybridized carbons (Fsp3) is 0. The third kappa shape index (κ3) is 6.11. The first-order valence-electron chi connectivity index (χ1n) is 24.7. The van der Waals surface area contributed by atoms with Gasteiger partial charge >= 0.3 is 0 Å². The number of hydrogen-bond acceptors (Lipinski definition) is 4. The zero-order valence-corrected chi connectivity index (χ0v) is 41.2. The molecule has 0 saturated heterocycles. The number of aromatic nitrogens is 2. The van der Waals surface area contributed by atoms with Gasteiger partial charge in [-0.2, -0.15) is 10.5 Å². The second-order valence-corrected chi connectivity index (χ2v) is 21.0. The molecule has 0 radical (unpaired) electrons. The fourth-order valence-electron chi connectivity index (χ4n) is 11.8. The van der Waals surface area contributed by atoms with E-state index in [4.69, 9.17) is 0 Å². The summed E-state index contributed by atoms with van der Waals surface area (Å²) in [4.78, 5) is 0. The Morgan fingerprint density at radius 2 is 0.676 bits per heavy atom. The van der Waals surface area contributed by atoms with Crippen molar-refractivity contribution in [3.05, 3.63) is 242 Å². The van der Waals surface area contributed by atoms with Crippen LogP contribution in [0.25, 0.3) is 140 Å². The van der Waals surface area contributed by atoms with Crippen molar-refractivity contribution < 1.29 is 0 Å². The van der Waals surface area contributed by atoms with Gasteiger partial charge in [0.25, 0.3) is 0 Å². The Kier molecular flexibility index (Phi) is 9.40. The summed E-state index contributed by atoms with van der Waals surface area (Å²) < 4.78 is 9.37. The molecule has 4 nitrogen and oxygen atoms in total. The smallest absolute Gasteiger partial charge is 0.102 e. The number of para-hydroxylation sites is 2. The highest BCUT2D eigenvalue weighted by Gasteiger charge is 2.33. The largest absolute Gasteiger partial charge is 0.307 e. The van der Waals surface area contributed by atoms with Gasteiger partial charge in [-0.05, 0) is 69.8 Å². The van der Waals surface area contributed by atoms with Gasteiger partial charge < -0.3 is 9.13 Å². The van der Waals surface area contributed by atoms with E-state index in [0.717, 1.165) is 103 Å². The molecule has 4 aromatic heterocycles. The number of nitriles is 2. The molecular formula is C68H38N4S2. The molecule has 15 aromatic rings. The highest BCUT2D eigenvalue weighted by atomic mass is 32.1. The number of thiophene rings is 2. The molecule has 342 valence electrons. The van der Waals surface area contributed by atoms with E-state index in [9.17, 15) is 10.5 Å². The second kappa shape index (κ2) is 16.5. The van der Waals surface area contributed by atoms with Crippen LogP contribution in [0.2, 0.25) is 0 Å². The minimum atomic E-state index is 0.434.